The van der Waals surface area contributed by atoms with Crippen LogP contribution < -0.4 is 21.9 Å². The lowest BCUT2D eigenvalue weighted by molar-refractivity contribution is -0.118. The Hall–Kier alpha value is -3.07. The lowest BCUT2D eigenvalue weighted by Gasteiger charge is -2.11. The van der Waals surface area contributed by atoms with E-state index in [0.29, 0.717) is 41.8 Å². The Bertz CT molecular complexity index is 1140. The summed E-state index contributed by atoms with van der Waals surface area (Å²) in [6.07, 6.45) is 0. The first-order chi connectivity index (χ1) is 13.3. The van der Waals surface area contributed by atoms with Gasteiger partial charge in [-0.1, -0.05) is 23.7 Å². The van der Waals surface area contributed by atoms with Gasteiger partial charge in [-0.15, -0.1) is 0 Å². The molecule has 10 heteroatoms. The second-order valence-corrected chi connectivity index (χ2v) is 6.87. The first-order valence-corrected chi connectivity index (χ1v) is 9.06. The molecule has 1 amide bonds. The molecule has 28 heavy (non-hydrogen) atoms. The summed E-state index contributed by atoms with van der Waals surface area (Å²) in [4.78, 5) is 40.5. The van der Waals surface area contributed by atoms with Gasteiger partial charge in [-0.2, -0.15) is 4.98 Å². The average molecular weight is 405 g/mol. The van der Waals surface area contributed by atoms with Gasteiger partial charge in [-0.05, 0) is 17.7 Å². The number of fused-ring (bicyclic) bond motifs is 1. The van der Waals surface area contributed by atoms with E-state index in [1.807, 2.05) is 12.1 Å². The Morgan fingerprint density at radius 1 is 1.11 bits per heavy atom. The minimum Gasteiger partial charge on any atom is -0.355 e. The highest BCUT2D eigenvalue weighted by molar-refractivity contribution is 6.30. The quantitative estimate of drug-likeness (QED) is 0.588. The maximum absolute atomic E-state index is 12.8. The molecule has 0 bridgehead atoms. The minimum atomic E-state index is -0.446. The number of hydrogen-bond acceptors (Lipinski definition) is 5. The first-order valence-electron chi connectivity index (χ1n) is 8.68. The van der Waals surface area contributed by atoms with Crippen molar-refractivity contribution in [3.63, 3.8) is 0 Å². The summed E-state index contributed by atoms with van der Waals surface area (Å²) in [7, 11) is 3.01. The summed E-state index contributed by atoms with van der Waals surface area (Å²) in [6, 6.07) is 7.27. The number of carbonyl (C=O) groups excluding carboxylic acids is 1. The first kappa shape index (κ1) is 19.7. The fourth-order valence-corrected chi connectivity index (χ4v) is 3.05. The fraction of sp³-hybridized carbons (Fsp3) is 0.333. The van der Waals surface area contributed by atoms with E-state index in [0.717, 1.165) is 10.1 Å². The van der Waals surface area contributed by atoms with Crippen molar-refractivity contribution >= 4 is 34.6 Å². The van der Waals surface area contributed by atoms with Gasteiger partial charge in [0.15, 0.2) is 11.2 Å². The highest BCUT2D eigenvalue weighted by Crippen LogP contribution is 2.19. The van der Waals surface area contributed by atoms with Crippen molar-refractivity contribution in [2.24, 2.45) is 14.1 Å². The topological polar surface area (TPSA) is 103 Å². The molecule has 3 rings (SSSR count). The summed E-state index contributed by atoms with van der Waals surface area (Å²) < 4.78 is 4.13. The molecule has 9 nitrogen and oxygen atoms in total. The van der Waals surface area contributed by atoms with Crippen LogP contribution in [-0.4, -0.2) is 37.7 Å². The van der Waals surface area contributed by atoms with Gasteiger partial charge >= 0.3 is 5.69 Å². The molecule has 0 fully saturated rings. The number of imidazole rings is 1. The third-order valence-electron chi connectivity index (χ3n) is 4.38. The van der Waals surface area contributed by atoms with Gasteiger partial charge in [0.2, 0.25) is 11.9 Å². The number of benzene rings is 1. The lowest BCUT2D eigenvalue weighted by atomic mass is 10.2. The van der Waals surface area contributed by atoms with Crippen LogP contribution in [0.2, 0.25) is 5.02 Å². The van der Waals surface area contributed by atoms with Crippen molar-refractivity contribution in [1.82, 2.24) is 24.0 Å². The number of nitrogens with one attached hydrogen (secondary N) is 2. The molecule has 0 saturated carbocycles. The van der Waals surface area contributed by atoms with E-state index < -0.39 is 11.2 Å². The molecule has 2 N–H and O–H groups in total. The van der Waals surface area contributed by atoms with E-state index in [1.54, 1.807) is 23.7 Å². The molecule has 0 saturated heterocycles. The van der Waals surface area contributed by atoms with Crippen LogP contribution in [0.5, 0.6) is 0 Å². The van der Waals surface area contributed by atoms with Gasteiger partial charge in [-0.3, -0.25) is 23.3 Å². The van der Waals surface area contributed by atoms with Crippen LogP contribution in [0.1, 0.15) is 12.5 Å². The molecule has 0 aliphatic carbocycles. The van der Waals surface area contributed by atoms with Gasteiger partial charge < -0.3 is 10.6 Å². The number of nitrogens with zero attached hydrogens (tertiary/aromatic N) is 4. The number of aromatic nitrogens is 4. The van der Waals surface area contributed by atoms with Crippen LogP contribution in [0.3, 0.4) is 0 Å². The molecule has 2 heterocycles. The molecule has 2 aromatic heterocycles. The van der Waals surface area contributed by atoms with Crippen molar-refractivity contribution in [3.05, 3.63) is 55.7 Å². The number of anilines is 1. The number of rotatable bonds is 6. The molecule has 0 spiro atoms. The van der Waals surface area contributed by atoms with Crippen molar-refractivity contribution in [1.29, 1.82) is 0 Å². The highest BCUT2D eigenvalue weighted by Gasteiger charge is 2.19. The SMILES string of the molecule is CC(=O)NCCNc1nc2c(c(=O)n(C)c(=O)n2C)n1Cc1ccc(Cl)cc1. The normalized spacial score (nSPS) is 11.0. The van der Waals surface area contributed by atoms with Crippen LogP contribution >= 0.6 is 11.6 Å². The van der Waals surface area contributed by atoms with E-state index >= 15 is 0 Å². The van der Waals surface area contributed by atoms with Gasteiger partial charge in [0, 0.05) is 39.1 Å². The third-order valence-corrected chi connectivity index (χ3v) is 4.64. The molecule has 0 unspecified atom stereocenters. The summed E-state index contributed by atoms with van der Waals surface area (Å²) in [5.74, 6) is 0.307. The maximum Gasteiger partial charge on any atom is 0.332 e. The predicted molar refractivity (Wildman–Crippen MR) is 108 cm³/mol. The number of aryl methyl sites for hydroxylation is 1. The zero-order chi connectivity index (χ0) is 20.4. The van der Waals surface area contributed by atoms with E-state index in [9.17, 15) is 14.4 Å². The van der Waals surface area contributed by atoms with Crippen LogP contribution in [0.15, 0.2) is 33.9 Å². The largest absolute Gasteiger partial charge is 0.355 e. The molecule has 0 atom stereocenters. The van der Waals surface area contributed by atoms with Gasteiger partial charge in [0.1, 0.15) is 0 Å². The second-order valence-electron chi connectivity index (χ2n) is 6.44. The standard InChI is InChI=1S/C18H21ClN6O3/c1-11(26)20-8-9-21-17-22-15-14(16(27)24(3)18(28)23(15)2)25(17)10-12-4-6-13(19)7-5-12/h4-7H,8-10H2,1-3H3,(H,20,26)(H,21,22). The predicted octanol–water partition coefficient (Wildman–Crippen LogP) is 0.683. The Morgan fingerprint density at radius 2 is 1.79 bits per heavy atom. The number of hydrogen-bond donors (Lipinski definition) is 2. The van der Waals surface area contributed by atoms with Gasteiger partial charge in [0.25, 0.3) is 5.56 Å². The van der Waals surface area contributed by atoms with Crippen LogP contribution in [0.4, 0.5) is 5.95 Å². The Balaban J connectivity index is 2.09. The zero-order valence-electron chi connectivity index (χ0n) is 15.8. The van der Waals surface area contributed by atoms with Crippen molar-refractivity contribution in [3.8, 4) is 0 Å². The van der Waals surface area contributed by atoms with E-state index in [2.05, 4.69) is 15.6 Å². The Morgan fingerprint density at radius 3 is 2.43 bits per heavy atom. The zero-order valence-corrected chi connectivity index (χ0v) is 16.6. The summed E-state index contributed by atoms with van der Waals surface area (Å²) in [5, 5.41) is 6.44. The summed E-state index contributed by atoms with van der Waals surface area (Å²) >= 11 is 5.96. The van der Waals surface area contributed by atoms with Gasteiger partial charge in [-0.25, -0.2) is 4.79 Å². The minimum absolute atomic E-state index is 0.132. The van der Waals surface area contributed by atoms with Crippen LogP contribution in [0.25, 0.3) is 11.2 Å². The molecule has 3 aromatic rings. The van der Waals surface area contributed by atoms with Crippen molar-refractivity contribution in [2.75, 3.05) is 18.4 Å². The second kappa shape index (κ2) is 7.89. The van der Waals surface area contributed by atoms with Crippen LogP contribution in [0, 0.1) is 0 Å². The highest BCUT2D eigenvalue weighted by atomic mass is 35.5. The molecular weight excluding hydrogens is 384 g/mol. The Kier molecular flexibility index (Phi) is 5.55. The van der Waals surface area contributed by atoms with Crippen LogP contribution in [-0.2, 0) is 25.4 Å². The smallest absolute Gasteiger partial charge is 0.332 e. The third kappa shape index (κ3) is 3.79. The average Bonchev–Trinajstić information content (AvgIpc) is 3.02. The van der Waals surface area contributed by atoms with E-state index in [1.165, 1.54) is 18.5 Å². The Labute approximate surface area is 165 Å². The number of halogens is 1. The number of carbonyl (C=O) groups is 1. The summed E-state index contributed by atoms with van der Waals surface area (Å²) in [5.41, 5.74) is 0.670. The monoisotopic (exact) mass is 404 g/mol. The molecule has 0 aliphatic heterocycles. The number of amides is 1. The fourth-order valence-electron chi connectivity index (χ4n) is 2.92. The van der Waals surface area contributed by atoms with E-state index in [4.69, 9.17) is 11.6 Å². The molecule has 0 radical (unpaired) electrons. The molecular formula is C18H21ClN6O3. The molecule has 1 aromatic carbocycles. The summed E-state index contributed by atoms with van der Waals surface area (Å²) in [6.45, 7) is 2.62. The molecule has 0 aliphatic rings. The lowest BCUT2D eigenvalue weighted by Crippen LogP contribution is -2.37. The maximum atomic E-state index is 12.8. The van der Waals surface area contributed by atoms with Crippen molar-refractivity contribution in [2.45, 2.75) is 13.5 Å². The van der Waals surface area contributed by atoms with Crippen molar-refractivity contribution < 1.29 is 4.79 Å². The van der Waals surface area contributed by atoms with E-state index in [-0.39, 0.29) is 5.91 Å². The van der Waals surface area contributed by atoms with Gasteiger partial charge in [0.05, 0.1) is 6.54 Å². The molecule has 148 valence electrons.